The van der Waals surface area contributed by atoms with E-state index in [0.29, 0.717) is 5.16 Å². The largest absolute Gasteiger partial charge is 0.362 e. The number of aromatic amines is 1. The number of hydrogen-bond donors (Lipinski definition) is 2. The molecule has 0 amide bonds. The van der Waals surface area contributed by atoms with E-state index in [0.717, 1.165) is 28.7 Å². The van der Waals surface area contributed by atoms with Gasteiger partial charge in [-0.3, -0.25) is 4.79 Å². The Morgan fingerprint density at radius 3 is 3.17 bits per heavy atom. The lowest BCUT2D eigenvalue weighted by Gasteiger charge is -1.98. The third-order valence-electron chi connectivity index (χ3n) is 2.08. The monoisotopic (exact) mass is 282 g/mol. The van der Waals surface area contributed by atoms with E-state index in [-0.39, 0.29) is 5.56 Å². The lowest BCUT2D eigenvalue weighted by atomic mass is 10.5. The van der Waals surface area contributed by atoms with Crippen LogP contribution in [0.5, 0.6) is 0 Å². The van der Waals surface area contributed by atoms with Gasteiger partial charge < -0.3 is 10.3 Å². The predicted octanol–water partition coefficient (Wildman–Crippen LogP) is 2.34. The standard InChI is InChI=1S/C11H14N4OS2/c1-2-4-12-10-14-6-8(18-10)7-17-11-13-5-3-9(16)15-11/h3,5-6H,2,4,7H2,1H3,(H,12,14)(H,13,15,16). The molecule has 0 saturated heterocycles. The maximum absolute atomic E-state index is 11.1. The van der Waals surface area contributed by atoms with Crippen molar-refractivity contribution < 1.29 is 0 Å². The van der Waals surface area contributed by atoms with Crippen molar-refractivity contribution >= 4 is 28.2 Å². The van der Waals surface area contributed by atoms with Crippen molar-refractivity contribution in [2.75, 3.05) is 11.9 Å². The second kappa shape index (κ2) is 6.55. The van der Waals surface area contributed by atoms with Crippen LogP contribution in [0.1, 0.15) is 18.2 Å². The molecule has 0 bridgehead atoms. The Morgan fingerprint density at radius 1 is 1.50 bits per heavy atom. The van der Waals surface area contributed by atoms with Crippen molar-refractivity contribution in [3.63, 3.8) is 0 Å². The van der Waals surface area contributed by atoms with Gasteiger partial charge in [0, 0.05) is 35.6 Å². The van der Waals surface area contributed by atoms with Gasteiger partial charge in [0.1, 0.15) is 0 Å². The fourth-order valence-electron chi connectivity index (χ4n) is 1.25. The van der Waals surface area contributed by atoms with Crippen LogP contribution in [0.2, 0.25) is 0 Å². The number of anilines is 1. The fourth-order valence-corrected chi connectivity index (χ4v) is 2.96. The van der Waals surface area contributed by atoms with Crippen LogP contribution in [0.25, 0.3) is 0 Å². The molecule has 0 atom stereocenters. The third kappa shape index (κ3) is 3.85. The molecule has 0 spiro atoms. The van der Waals surface area contributed by atoms with Gasteiger partial charge in [0.05, 0.1) is 0 Å². The van der Waals surface area contributed by atoms with E-state index in [4.69, 9.17) is 0 Å². The number of hydrogen-bond acceptors (Lipinski definition) is 6. The maximum Gasteiger partial charge on any atom is 0.251 e. The van der Waals surface area contributed by atoms with Crippen molar-refractivity contribution in [1.82, 2.24) is 15.0 Å². The van der Waals surface area contributed by atoms with Crippen molar-refractivity contribution in [3.05, 3.63) is 33.7 Å². The summed E-state index contributed by atoms with van der Waals surface area (Å²) in [6.07, 6.45) is 4.46. The van der Waals surface area contributed by atoms with E-state index in [9.17, 15) is 4.79 Å². The van der Waals surface area contributed by atoms with Crippen LogP contribution >= 0.6 is 23.1 Å². The van der Waals surface area contributed by atoms with E-state index in [1.165, 1.54) is 24.0 Å². The maximum atomic E-state index is 11.1. The summed E-state index contributed by atoms with van der Waals surface area (Å²) in [7, 11) is 0. The van der Waals surface area contributed by atoms with E-state index in [2.05, 4.69) is 27.2 Å². The average Bonchev–Trinajstić information content (AvgIpc) is 2.82. The zero-order valence-electron chi connectivity index (χ0n) is 9.97. The summed E-state index contributed by atoms with van der Waals surface area (Å²) in [6.45, 7) is 3.06. The van der Waals surface area contributed by atoms with Crippen molar-refractivity contribution in [2.45, 2.75) is 24.3 Å². The second-order valence-electron chi connectivity index (χ2n) is 3.59. The molecule has 0 unspecified atom stereocenters. The summed E-state index contributed by atoms with van der Waals surface area (Å²) in [6, 6.07) is 1.41. The van der Waals surface area contributed by atoms with Crippen molar-refractivity contribution in [1.29, 1.82) is 0 Å². The Balaban J connectivity index is 1.90. The van der Waals surface area contributed by atoms with Crippen LogP contribution in [-0.4, -0.2) is 21.5 Å². The summed E-state index contributed by atoms with van der Waals surface area (Å²) < 4.78 is 0. The highest BCUT2D eigenvalue weighted by Gasteiger charge is 2.03. The second-order valence-corrected chi connectivity index (χ2v) is 5.67. The highest BCUT2D eigenvalue weighted by molar-refractivity contribution is 7.98. The van der Waals surface area contributed by atoms with E-state index < -0.39 is 0 Å². The number of thioether (sulfide) groups is 1. The molecule has 0 aliphatic heterocycles. The molecule has 5 nitrogen and oxygen atoms in total. The molecule has 0 aliphatic rings. The Bertz CT molecular complexity index is 552. The first kappa shape index (κ1) is 13.1. The molecule has 0 radical (unpaired) electrons. The topological polar surface area (TPSA) is 70.7 Å². The van der Waals surface area contributed by atoms with Crippen LogP contribution in [-0.2, 0) is 5.75 Å². The SMILES string of the molecule is CCCNc1ncc(CSc2nccc(=O)[nH]2)s1. The van der Waals surface area contributed by atoms with Crippen LogP contribution in [0.3, 0.4) is 0 Å². The van der Waals surface area contributed by atoms with Gasteiger partial charge in [-0.2, -0.15) is 0 Å². The molecule has 7 heteroatoms. The van der Waals surface area contributed by atoms with Gasteiger partial charge in [-0.25, -0.2) is 9.97 Å². The number of aromatic nitrogens is 3. The highest BCUT2D eigenvalue weighted by atomic mass is 32.2. The zero-order chi connectivity index (χ0) is 12.8. The van der Waals surface area contributed by atoms with Crippen LogP contribution in [0, 0.1) is 0 Å². The fraction of sp³-hybridized carbons (Fsp3) is 0.364. The average molecular weight is 282 g/mol. The van der Waals surface area contributed by atoms with Gasteiger partial charge in [-0.15, -0.1) is 11.3 Å². The minimum atomic E-state index is -0.123. The van der Waals surface area contributed by atoms with Gasteiger partial charge in [0.15, 0.2) is 10.3 Å². The lowest BCUT2D eigenvalue weighted by Crippen LogP contribution is -2.05. The summed E-state index contributed by atoms with van der Waals surface area (Å²) >= 11 is 3.13. The highest BCUT2D eigenvalue weighted by Crippen LogP contribution is 2.24. The minimum Gasteiger partial charge on any atom is -0.362 e. The Labute approximate surface area is 113 Å². The normalized spacial score (nSPS) is 10.5. The summed E-state index contributed by atoms with van der Waals surface area (Å²) in [4.78, 5) is 23.3. The molecular formula is C11H14N4OS2. The molecule has 2 N–H and O–H groups in total. The van der Waals surface area contributed by atoms with Crippen LogP contribution in [0.15, 0.2) is 28.4 Å². The third-order valence-corrected chi connectivity index (χ3v) is 4.15. The molecule has 0 aliphatic carbocycles. The van der Waals surface area contributed by atoms with Crippen LogP contribution < -0.4 is 10.9 Å². The number of nitrogens with one attached hydrogen (secondary N) is 2. The van der Waals surface area contributed by atoms with E-state index >= 15 is 0 Å². The van der Waals surface area contributed by atoms with Gasteiger partial charge >= 0.3 is 0 Å². The Morgan fingerprint density at radius 2 is 2.39 bits per heavy atom. The Hall–Kier alpha value is -1.34. The summed E-state index contributed by atoms with van der Waals surface area (Å²) in [5, 5.41) is 4.83. The first-order chi connectivity index (χ1) is 8.78. The molecule has 2 heterocycles. The minimum absolute atomic E-state index is 0.123. The predicted molar refractivity (Wildman–Crippen MR) is 75.3 cm³/mol. The molecule has 0 aromatic carbocycles. The van der Waals surface area contributed by atoms with E-state index in [1.807, 2.05) is 6.20 Å². The molecular weight excluding hydrogens is 268 g/mol. The molecule has 96 valence electrons. The first-order valence-corrected chi connectivity index (χ1v) is 7.45. The van der Waals surface area contributed by atoms with Crippen molar-refractivity contribution in [3.8, 4) is 0 Å². The number of nitrogens with zero attached hydrogens (tertiary/aromatic N) is 2. The number of thiazole rings is 1. The summed E-state index contributed by atoms with van der Waals surface area (Å²) in [5.41, 5.74) is -0.123. The number of rotatable bonds is 6. The number of H-pyrrole nitrogens is 1. The zero-order valence-corrected chi connectivity index (χ0v) is 11.6. The Kier molecular flexibility index (Phi) is 4.77. The van der Waals surface area contributed by atoms with Crippen LogP contribution in [0.4, 0.5) is 5.13 Å². The lowest BCUT2D eigenvalue weighted by molar-refractivity contribution is 0.936. The van der Waals surface area contributed by atoms with Gasteiger partial charge in [-0.05, 0) is 6.42 Å². The molecule has 2 aromatic rings. The van der Waals surface area contributed by atoms with E-state index in [1.54, 1.807) is 11.3 Å². The molecule has 0 saturated carbocycles. The first-order valence-electron chi connectivity index (χ1n) is 5.64. The smallest absolute Gasteiger partial charge is 0.251 e. The molecule has 0 fully saturated rings. The van der Waals surface area contributed by atoms with Gasteiger partial charge in [0.2, 0.25) is 0 Å². The van der Waals surface area contributed by atoms with Gasteiger partial charge in [0.25, 0.3) is 5.56 Å². The van der Waals surface area contributed by atoms with Gasteiger partial charge in [-0.1, -0.05) is 18.7 Å². The summed E-state index contributed by atoms with van der Waals surface area (Å²) in [5.74, 6) is 0.762. The molecule has 18 heavy (non-hydrogen) atoms. The quantitative estimate of drug-likeness (QED) is 0.628. The molecule has 2 rings (SSSR count). The molecule has 2 aromatic heterocycles. The van der Waals surface area contributed by atoms with Crippen molar-refractivity contribution in [2.24, 2.45) is 0 Å².